The lowest BCUT2D eigenvalue weighted by atomic mass is 9.72. The fourth-order valence-electron chi connectivity index (χ4n) is 3.07. The van der Waals surface area contributed by atoms with Crippen LogP contribution in [0.3, 0.4) is 0 Å². The monoisotopic (exact) mass is 224 g/mol. The van der Waals surface area contributed by atoms with E-state index in [2.05, 4.69) is 6.92 Å². The van der Waals surface area contributed by atoms with Crippen LogP contribution >= 0.6 is 0 Å². The molecule has 0 heterocycles. The first-order valence-corrected chi connectivity index (χ1v) is 6.73. The van der Waals surface area contributed by atoms with E-state index in [0.29, 0.717) is 18.1 Å². The molecule has 0 radical (unpaired) electrons. The molecule has 2 rings (SSSR count). The second-order valence-electron chi connectivity index (χ2n) is 5.84. The first-order chi connectivity index (χ1) is 7.65. The van der Waals surface area contributed by atoms with Crippen LogP contribution in [0.15, 0.2) is 0 Å². The van der Waals surface area contributed by atoms with E-state index in [1.54, 1.807) is 7.11 Å². The van der Waals surface area contributed by atoms with E-state index in [0.717, 1.165) is 31.6 Å². The van der Waals surface area contributed by atoms with Crippen LogP contribution in [0, 0.1) is 11.8 Å². The molecule has 2 heteroatoms. The van der Waals surface area contributed by atoms with E-state index in [1.807, 2.05) is 0 Å². The highest BCUT2D eigenvalue weighted by molar-refractivity contribution is 5.82. The third kappa shape index (κ3) is 2.48. The molecule has 2 fully saturated rings. The minimum absolute atomic E-state index is 0.0693. The van der Waals surface area contributed by atoms with Gasteiger partial charge in [-0.3, -0.25) is 4.79 Å². The van der Waals surface area contributed by atoms with Gasteiger partial charge in [-0.1, -0.05) is 19.8 Å². The molecule has 0 atom stereocenters. The van der Waals surface area contributed by atoms with Crippen molar-refractivity contribution in [3.05, 3.63) is 0 Å². The Morgan fingerprint density at radius 3 is 2.31 bits per heavy atom. The van der Waals surface area contributed by atoms with Crippen LogP contribution in [0.4, 0.5) is 0 Å². The van der Waals surface area contributed by atoms with Gasteiger partial charge in [-0.05, 0) is 38.0 Å². The number of carbonyl (C=O) groups excluding carboxylic acids is 1. The molecule has 0 aromatic rings. The van der Waals surface area contributed by atoms with Gasteiger partial charge in [0, 0.05) is 19.4 Å². The third-order valence-electron chi connectivity index (χ3n) is 4.67. The molecule has 0 N–H and O–H groups in total. The molecule has 2 nitrogen and oxygen atoms in total. The van der Waals surface area contributed by atoms with Crippen LogP contribution in [-0.2, 0) is 9.53 Å². The van der Waals surface area contributed by atoms with Crippen molar-refractivity contribution in [3.8, 4) is 0 Å². The zero-order valence-electron chi connectivity index (χ0n) is 10.6. The number of methoxy groups -OCH3 is 1. The second kappa shape index (κ2) is 4.87. The Morgan fingerprint density at radius 1 is 1.25 bits per heavy atom. The van der Waals surface area contributed by atoms with Gasteiger partial charge >= 0.3 is 0 Å². The lowest BCUT2D eigenvalue weighted by Gasteiger charge is -2.41. The summed E-state index contributed by atoms with van der Waals surface area (Å²) in [6.45, 7) is 2.29. The van der Waals surface area contributed by atoms with Crippen molar-refractivity contribution in [1.29, 1.82) is 0 Å². The Morgan fingerprint density at radius 2 is 1.88 bits per heavy atom. The van der Waals surface area contributed by atoms with Crippen molar-refractivity contribution in [3.63, 3.8) is 0 Å². The molecule has 0 aromatic carbocycles. The van der Waals surface area contributed by atoms with Crippen molar-refractivity contribution in [2.45, 2.75) is 63.9 Å². The molecule has 0 amide bonds. The quantitative estimate of drug-likeness (QED) is 0.732. The van der Waals surface area contributed by atoms with Crippen molar-refractivity contribution < 1.29 is 9.53 Å². The van der Waals surface area contributed by atoms with E-state index < -0.39 is 0 Å². The fourth-order valence-corrected chi connectivity index (χ4v) is 3.07. The maximum Gasteiger partial charge on any atom is 0.138 e. The number of hydrogen-bond donors (Lipinski definition) is 0. The van der Waals surface area contributed by atoms with Crippen LogP contribution < -0.4 is 0 Å². The van der Waals surface area contributed by atoms with Gasteiger partial charge in [0.25, 0.3) is 0 Å². The predicted octanol–water partition coefficient (Wildman–Crippen LogP) is 3.34. The predicted molar refractivity (Wildman–Crippen MR) is 64.3 cm³/mol. The molecule has 0 saturated heterocycles. The van der Waals surface area contributed by atoms with E-state index in [9.17, 15) is 4.79 Å². The van der Waals surface area contributed by atoms with Gasteiger partial charge in [0.2, 0.25) is 0 Å². The molecule has 2 saturated carbocycles. The van der Waals surface area contributed by atoms with Gasteiger partial charge in [-0.15, -0.1) is 0 Å². The minimum atomic E-state index is -0.0693. The van der Waals surface area contributed by atoms with Gasteiger partial charge in [0.05, 0.1) is 5.60 Å². The summed E-state index contributed by atoms with van der Waals surface area (Å²) in [6.07, 6.45) is 8.74. The standard InChI is InChI=1S/C14H24O2/c1-11-4-6-12(7-5-11)13(15)10-14(16-2)8-3-9-14/h11-12H,3-10H2,1-2H3. The normalized spacial score (nSPS) is 33.1. The highest BCUT2D eigenvalue weighted by atomic mass is 16.5. The lowest BCUT2D eigenvalue weighted by molar-refractivity contribution is -0.137. The molecule has 0 unspecified atom stereocenters. The summed E-state index contributed by atoms with van der Waals surface area (Å²) in [4.78, 5) is 12.2. The Bertz CT molecular complexity index is 242. The molecule has 0 aromatic heterocycles. The van der Waals surface area contributed by atoms with Crippen molar-refractivity contribution >= 4 is 5.78 Å². The summed E-state index contributed by atoms with van der Waals surface area (Å²) in [7, 11) is 1.76. The highest BCUT2D eigenvalue weighted by Gasteiger charge is 2.40. The van der Waals surface area contributed by atoms with E-state index >= 15 is 0 Å². The fraction of sp³-hybridized carbons (Fsp3) is 0.929. The first-order valence-electron chi connectivity index (χ1n) is 6.73. The zero-order chi connectivity index (χ0) is 11.6. The van der Waals surface area contributed by atoms with Crippen molar-refractivity contribution in [2.75, 3.05) is 7.11 Å². The molecule has 0 aliphatic heterocycles. The molecular weight excluding hydrogens is 200 g/mol. The van der Waals surface area contributed by atoms with Gasteiger partial charge < -0.3 is 4.74 Å². The average Bonchev–Trinajstić information content (AvgIpc) is 2.24. The summed E-state index contributed by atoms with van der Waals surface area (Å²) >= 11 is 0. The van der Waals surface area contributed by atoms with Crippen LogP contribution in [0.2, 0.25) is 0 Å². The van der Waals surface area contributed by atoms with Gasteiger partial charge in [-0.25, -0.2) is 0 Å². The Kier molecular flexibility index (Phi) is 3.68. The van der Waals surface area contributed by atoms with Crippen molar-refractivity contribution in [2.24, 2.45) is 11.8 Å². The summed E-state index contributed by atoms with van der Waals surface area (Å²) in [5.41, 5.74) is -0.0693. The smallest absolute Gasteiger partial charge is 0.138 e. The number of hydrogen-bond acceptors (Lipinski definition) is 2. The summed E-state index contributed by atoms with van der Waals surface area (Å²) in [6, 6.07) is 0. The first kappa shape index (κ1) is 12.1. The number of ketones is 1. The van der Waals surface area contributed by atoms with E-state index in [1.165, 1.54) is 19.3 Å². The second-order valence-corrected chi connectivity index (χ2v) is 5.84. The van der Waals surface area contributed by atoms with E-state index in [-0.39, 0.29) is 5.60 Å². The summed E-state index contributed by atoms with van der Waals surface area (Å²) in [5, 5.41) is 0. The van der Waals surface area contributed by atoms with Crippen molar-refractivity contribution in [1.82, 2.24) is 0 Å². The van der Waals surface area contributed by atoms with Crippen LogP contribution in [0.5, 0.6) is 0 Å². The van der Waals surface area contributed by atoms with Crippen LogP contribution in [0.1, 0.15) is 58.3 Å². The summed E-state index contributed by atoms with van der Waals surface area (Å²) in [5.74, 6) is 1.63. The molecule has 0 spiro atoms. The van der Waals surface area contributed by atoms with E-state index in [4.69, 9.17) is 4.74 Å². The molecule has 0 bridgehead atoms. The molecular formula is C14H24O2. The SMILES string of the molecule is COC1(CC(=O)C2CCC(C)CC2)CCC1. The highest BCUT2D eigenvalue weighted by Crippen LogP contribution is 2.40. The van der Waals surface area contributed by atoms with Crippen LogP contribution in [0.25, 0.3) is 0 Å². The van der Waals surface area contributed by atoms with Gasteiger partial charge in [0.1, 0.15) is 5.78 Å². The summed E-state index contributed by atoms with van der Waals surface area (Å²) < 4.78 is 5.54. The number of ether oxygens (including phenoxy) is 1. The Labute approximate surface area is 98.7 Å². The average molecular weight is 224 g/mol. The maximum atomic E-state index is 12.2. The third-order valence-corrected chi connectivity index (χ3v) is 4.67. The maximum absolute atomic E-state index is 12.2. The van der Waals surface area contributed by atoms with Crippen LogP contribution in [-0.4, -0.2) is 18.5 Å². The zero-order valence-corrected chi connectivity index (χ0v) is 10.6. The topological polar surface area (TPSA) is 26.3 Å². The molecule has 2 aliphatic rings. The minimum Gasteiger partial charge on any atom is -0.378 e. The van der Waals surface area contributed by atoms with Gasteiger partial charge in [-0.2, -0.15) is 0 Å². The largest absolute Gasteiger partial charge is 0.378 e. The number of carbonyl (C=O) groups is 1. The molecule has 2 aliphatic carbocycles. The number of rotatable bonds is 4. The molecule has 92 valence electrons. The lowest BCUT2D eigenvalue weighted by Crippen LogP contribution is -2.42. The van der Waals surface area contributed by atoms with Gasteiger partial charge in [0.15, 0.2) is 0 Å². The molecule has 16 heavy (non-hydrogen) atoms. The number of Topliss-reactive ketones (excluding diaryl/α,β-unsaturated/α-hetero) is 1. The Balaban J connectivity index is 1.83. The Hall–Kier alpha value is -0.370.